The highest BCUT2D eigenvalue weighted by Crippen LogP contribution is 2.35. The fraction of sp³-hybridized carbons (Fsp3) is 0.800. The number of rotatable bonds is 4. The van der Waals surface area contributed by atoms with Gasteiger partial charge in [0.25, 0.3) is 0 Å². The fourth-order valence-electron chi connectivity index (χ4n) is 3.94. The smallest absolute Gasteiger partial charge is 0.107 e. The number of fused-ring (bicyclic) bond motifs is 1. The van der Waals surface area contributed by atoms with Crippen molar-refractivity contribution < 1.29 is 0 Å². The van der Waals surface area contributed by atoms with Crippen molar-refractivity contribution in [3.63, 3.8) is 0 Å². The second kappa shape index (κ2) is 6.10. The summed E-state index contributed by atoms with van der Waals surface area (Å²) in [5.74, 6) is 0.846. The van der Waals surface area contributed by atoms with E-state index >= 15 is 0 Å². The van der Waals surface area contributed by atoms with Crippen LogP contribution in [-0.2, 0) is 6.54 Å². The number of likely N-dealkylation sites (N-methyl/N-ethyl adjacent to an activating group) is 2. The average Bonchev–Trinajstić information content (AvgIpc) is 2.99. The van der Waals surface area contributed by atoms with E-state index in [-0.39, 0.29) is 0 Å². The number of nitrogens with zero attached hydrogens (tertiary/aromatic N) is 4. The van der Waals surface area contributed by atoms with Crippen LogP contribution in [0.4, 0.5) is 0 Å². The Labute approximate surface area is 126 Å². The van der Waals surface area contributed by atoms with Crippen molar-refractivity contribution in [2.75, 3.05) is 40.8 Å². The predicted molar refractivity (Wildman–Crippen MR) is 84.0 cm³/mol. The zero-order valence-electron chi connectivity index (χ0n) is 12.8. The van der Waals surface area contributed by atoms with Crippen LogP contribution in [0.3, 0.4) is 0 Å². The molecule has 4 nitrogen and oxygen atoms in total. The summed E-state index contributed by atoms with van der Waals surface area (Å²) in [5, 5.41) is 3.35. The van der Waals surface area contributed by atoms with Crippen LogP contribution in [0.25, 0.3) is 0 Å². The maximum atomic E-state index is 4.42. The summed E-state index contributed by atoms with van der Waals surface area (Å²) in [6.45, 7) is 4.71. The van der Waals surface area contributed by atoms with E-state index in [2.05, 4.69) is 46.2 Å². The van der Waals surface area contributed by atoms with Crippen molar-refractivity contribution in [2.24, 2.45) is 5.92 Å². The van der Waals surface area contributed by atoms with Crippen molar-refractivity contribution >= 4 is 11.3 Å². The summed E-state index contributed by atoms with van der Waals surface area (Å²) >= 11 is 1.78. The van der Waals surface area contributed by atoms with Crippen molar-refractivity contribution in [1.82, 2.24) is 19.7 Å². The zero-order chi connectivity index (χ0) is 14.1. The van der Waals surface area contributed by atoms with Crippen LogP contribution < -0.4 is 0 Å². The molecule has 3 atom stereocenters. The molecule has 2 saturated heterocycles. The molecular formula is C15H26N4S. The lowest BCUT2D eigenvalue weighted by atomic mass is 9.92. The SMILES string of the molecule is CN(C)C[C@@H]1C[C@@H]2CN(Cc3nccs3)CC[C@@H]2N1C. The van der Waals surface area contributed by atoms with Gasteiger partial charge in [-0.15, -0.1) is 11.3 Å². The molecule has 0 unspecified atom stereocenters. The van der Waals surface area contributed by atoms with E-state index in [0.717, 1.165) is 24.5 Å². The lowest BCUT2D eigenvalue weighted by Crippen LogP contribution is -2.46. The Bertz CT molecular complexity index is 420. The molecule has 20 heavy (non-hydrogen) atoms. The summed E-state index contributed by atoms with van der Waals surface area (Å²) in [6.07, 6.45) is 4.59. The minimum Gasteiger partial charge on any atom is -0.308 e. The quantitative estimate of drug-likeness (QED) is 0.841. The van der Waals surface area contributed by atoms with Gasteiger partial charge in [0.1, 0.15) is 5.01 Å². The Hall–Kier alpha value is -0.490. The van der Waals surface area contributed by atoms with E-state index in [9.17, 15) is 0 Å². The molecule has 2 aliphatic heterocycles. The van der Waals surface area contributed by atoms with Gasteiger partial charge in [-0.1, -0.05) is 0 Å². The molecule has 0 N–H and O–H groups in total. The summed E-state index contributed by atoms with van der Waals surface area (Å²) < 4.78 is 0. The van der Waals surface area contributed by atoms with Gasteiger partial charge in [-0.2, -0.15) is 0 Å². The molecule has 1 aromatic rings. The van der Waals surface area contributed by atoms with Gasteiger partial charge in [0.15, 0.2) is 0 Å². The predicted octanol–water partition coefficient (Wildman–Crippen LogP) is 1.60. The minimum atomic E-state index is 0.736. The third-order valence-corrected chi connectivity index (χ3v) is 5.63. The highest BCUT2D eigenvalue weighted by atomic mass is 32.1. The normalized spacial score (nSPS) is 31.9. The van der Waals surface area contributed by atoms with Crippen LogP contribution in [0, 0.1) is 5.92 Å². The van der Waals surface area contributed by atoms with Gasteiger partial charge in [0.2, 0.25) is 0 Å². The van der Waals surface area contributed by atoms with E-state index in [1.54, 1.807) is 11.3 Å². The van der Waals surface area contributed by atoms with Crippen LogP contribution in [0.5, 0.6) is 0 Å². The lowest BCUT2D eigenvalue weighted by Gasteiger charge is -2.37. The number of piperidine rings is 1. The Morgan fingerprint density at radius 3 is 3.00 bits per heavy atom. The minimum absolute atomic E-state index is 0.736. The summed E-state index contributed by atoms with van der Waals surface area (Å²) in [6, 6.07) is 1.53. The van der Waals surface area contributed by atoms with Gasteiger partial charge in [-0.25, -0.2) is 4.98 Å². The maximum absolute atomic E-state index is 4.42. The van der Waals surface area contributed by atoms with Crippen molar-refractivity contribution in [3.8, 4) is 0 Å². The number of likely N-dealkylation sites (tertiary alicyclic amines) is 2. The molecule has 112 valence electrons. The molecule has 0 spiro atoms. The number of hydrogen-bond donors (Lipinski definition) is 0. The first-order valence-corrected chi connectivity index (χ1v) is 8.49. The monoisotopic (exact) mass is 294 g/mol. The van der Waals surface area contributed by atoms with Crippen molar-refractivity contribution in [2.45, 2.75) is 31.5 Å². The zero-order valence-corrected chi connectivity index (χ0v) is 13.6. The maximum Gasteiger partial charge on any atom is 0.107 e. The molecule has 3 heterocycles. The summed E-state index contributed by atoms with van der Waals surface area (Å²) in [4.78, 5) is 12.0. The lowest BCUT2D eigenvalue weighted by molar-refractivity contribution is 0.108. The molecular weight excluding hydrogens is 268 g/mol. The number of hydrogen-bond acceptors (Lipinski definition) is 5. The molecule has 2 fully saturated rings. The third-order valence-electron chi connectivity index (χ3n) is 4.87. The Balaban J connectivity index is 1.58. The topological polar surface area (TPSA) is 22.6 Å². The molecule has 0 aromatic carbocycles. The van der Waals surface area contributed by atoms with Crippen LogP contribution >= 0.6 is 11.3 Å². The van der Waals surface area contributed by atoms with Gasteiger partial charge in [-0.05, 0) is 39.9 Å². The summed E-state index contributed by atoms with van der Waals surface area (Å²) in [7, 11) is 6.70. The first kappa shape index (κ1) is 14.4. The van der Waals surface area contributed by atoms with Crippen LogP contribution in [0.1, 0.15) is 17.8 Å². The Morgan fingerprint density at radius 2 is 2.30 bits per heavy atom. The van der Waals surface area contributed by atoms with E-state index in [0.29, 0.717) is 0 Å². The standard InChI is InChI=1S/C15H26N4S/c1-17(2)10-13-8-12-9-19(6-4-14(12)18(13)3)11-15-16-5-7-20-15/h5,7,12-14H,4,6,8-11H2,1-3H3/t12-,13+,14+/m1/s1. The molecule has 3 rings (SSSR count). The van der Waals surface area contributed by atoms with E-state index < -0.39 is 0 Å². The number of aromatic nitrogens is 1. The Kier molecular flexibility index (Phi) is 4.40. The van der Waals surface area contributed by atoms with E-state index in [4.69, 9.17) is 0 Å². The first-order valence-electron chi connectivity index (χ1n) is 7.61. The van der Waals surface area contributed by atoms with Gasteiger partial charge < -0.3 is 4.90 Å². The van der Waals surface area contributed by atoms with Gasteiger partial charge in [-0.3, -0.25) is 9.80 Å². The van der Waals surface area contributed by atoms with Crippen LogP contribution in [0.15, 0.2) is 11.6 Å². The molecule has 0 bridgehead atoms. The van der Waals surface area contributed by atoms with Gasteiger partial charge in [0, 0.05) is 43.3 Å². The van der Waals surface area contributed by atoms with Gasteiger partial charge >= 0.3 is 0 Å². The fourth-order valence-corrected chi connectivity index (χ4v) is 4.60. The Morgan fingerprint density at radius 1 is 1.45 bits per heavy atom. The summed E-state index contributed by atoms with van der Waals surface area (Å²) in [5.41, 5.74) is 0. The van der Waals surface area contributed by atoms with E-state index in [1.807, 2.05) is 6.20 Å². The molecule has 1 aromatic heterocycles. The second-order valence-corrected chi connectivity index (χ2v) is 7.57. The van der Waals surface area contributed by atoms with Crippen LogP contribution in [-0.4, -0.2) is 72.5 Å². The average molecular weight is 294 g/mol. The largest absolute Gasteiger partial charge is 0.308 e. The molecule has 2 aliphatic rings. The highest BCUT2D eigenvalue weighted by molar-refractivity contribution is 7.09. The van der Waals surface area contributed by atoms with Crippen LogP contribution in [0.2, 0.25) is 0 Å². The second-order valence-electron chi connectivity index (χ2n) is 6.59. The number of thiazole rings is 1. The van der Waals surface area contributed by atoms with E-state index in [1.165, 1.54) is 37.5 Å². The molecule has 0 saturated carbocycles. The first-order chi connectivity index (χ1) is 9.63. The third kappa shape index (κ3) is 3.06. The van der Waals surface area contributed by atoms with Crippen molar-refractivity contribution in [3.05, 3.63) is 16.6 Å². The molecule has 0 radical (unpaired) electrons. The molecule has 5 heteroatoms. The molecule has 0 aliphatic carbocycles. The molecule has 0 amide bonds. The highest BCUT2D eigenvalue weighted by Gasteiger charge is 2.41. The van der Waals surface area contributed by atoms with Crippen molar-refractivity contribution in [1.29, 1.82) is 0 Å². The van der Waals surface area contributed by atoms with Gasteiger partial charge in [0.05, 0.1) is 6.54 Å².